The zero-order valence-electron chi connectivity index (χ0n) is 53.4. The molecule has 1 aliphatic rings. The number of phenolic OH excluding ortho intramolecular Hbond substituents is 1. The van der Waals surface area contributed by atoms with Gasteiger partial charge in [0.2, 0.25) is 29.5 Å². The largest absolute Gasteiger partial charge is 0.508 e. The molecule has 5 amide bonds. The molecular formula is C68H84N8O17S2. The third-order valence-electron chi connectivity index (χ3n) is 15.8. The van der Waals surface area contributed by atoms with Gasteiger partial charge in [-0.25, -0.2) is 9.78 Å². The number of carbonyl (C=O) groups is 11. The smallest absolute Gasteiger partial charge is 0.329 e. The molecule has 0 fully saturated rings. The molecule has 0 saturated carbocycles. The van der Waals surface area contributed by atoms with E-state index in [1.54, 1.807) is 78.9 Å². The Morgan fingerprint density at radius 2 is 1.20 bits per heavy atom. The molecule has 27 heteroatoms. The number of ketones is 3. The van der Waals surface area contributed by atoms with E-state index < -0.39 is 152 Å². The van der Waals surface area contributed by atoms with Crippen molar-refractivity contribution in [2.24, 2.45) is 22.7 Å². The molecular weight excluding hydrogens is 1260 g/mol. The van der Waals surface area contributed by atoms with Crippen molar-refractivity contribution < 1.29 is 83.0 Å². The molecule has 0 saturated heterocycles. The number of Topliss-reactive ketones (excluding diaryl/α,β-unsaturated/α-hetero) is 3. The number of hydrogen-bond donors (Lipinski definition) is 10. The van der Waals surface area contributed by atoms with Crippen molar-refractivity contribution in [3.05, 3.63) is 125 Å². The van der Waals surface area contributed by atoms with Crippen LogP contribution in [0.1, 0.15) is 112 Å². The highest BCUT2D eigenvalue weighted by Crippen LogP contribution is 2.32. The van der Waals surface area contributed by atoms with Crippen LogP contribution in [-0.4, -0.2) is 175 Å². The molecule has 1 unspecified atom stereocenters. The molecule has 0 aliphatic carbocycles. The predicted molar refractivity (Wildman–Crippen MR) is 356 cm³/mol. The number of aliphatic hydroxyl groups excluding tert-OH is 2. The molecule has 5 aromatic rings. The third kappa shape index (κ3) is 25.5. The Hall–Kier alpha value is -8.76. The molecule has 0 spiro atoms. The molecule has 4 aromatic carbocycles. The minimum Gasteiger partial charge on any atom is -0.508 e. The van der Waals surface area contributed by atoms with Gasteiger partial charge in [0.15, 0.2) is 17.6 Å². The summed E-state index contributed by atoms with van der Waals surface area (Å²) in [6, 6.07) is 21.1. The average Bonchev–Trinajstić information content (AvgIpc) is 1.69. The molecule has 6 rings (SSSR count). The summed E-state index contributed by atoms with van der Waals surface area (Å²) in [5.41, 5.74) is 2.66. The number of carboxylic acids is 2. The van der Waals surface area contributed by atoms with E-state index in [0.717, 1.165) is 0 Å². The van der Waals surface area contributed by atoms with Crippen molar-refractivity contribution in [3.63, 3.8) is 0 Å². The predicted octanol–water partition coefficient (Wildman–Crippen LogP) is 5.33. The van der Waals surface area contributed by atoms with Crippen LogP contribution in [0.5, 0.6) is 5.75 Å². The van der Waals surface area contributed by atoms with Crippen LogP contribution in [0.25, 0.3) is 10.2 Å². The second kappa shape index (κ2) is 38.6. The quantitative estimate of drug-likeness (QED) is 0.0174. The Bertz CT molecular complexity index is 3480. The Morgan fingerprint density at radius 1 is 0.600 bits per heavy atom. The van der Waals surface area contributed by atoms with Gasteiger partial charge < -0.3 is 66.5 Å². The van der Waals surface area contributed by atoms with Crippen molar-refractivity contribution in [1.29, 1.82) is 0 Å². The second-order valence-corrected chi connectivity index (χ2v) is 25.8. The maximum absolute atomic E-state index is 14.9. The van der Waals surface area contributed by atoms with E-state index in [4.69, 9.17) is 4.74 Å². The number of nitrogens with one attached hydrogen (secondary N) is 5. The first kappa shape index (κ1) is 75.3. The van der Waals surface area contributed by atoms with Crippen molar-refractivity contribution in [3.8, 4) is 5.75 Å². The number of unbranched alkanes of at least 4 members (excludes halogenated alkanes) is 3. The van der Waals surface area contributed by atoms with Crippen LogP contribution in [0.15, 0.2) is 108 Å². The Morgan fingerprint density at radius 3 is 1.83 bits per heavy atom. The molecule has 10 N–H and O–H groups in total. The van der Waals surface area contributed by atoms with E-state index >= 15 is 0 Å². The van der Waals surface area contributed by atoms with Crippen LogP contribution in [0, 0.1) is 17.8 Å². The Kier molecular flexibility index (Phi) is 30.6. The minimum atomic E-state index is -1.65. The normalized spacial score (nSPS) is 15.0. The lowest BCUT2D eigenvalue weighted by Crippen LogP contribution is -2.57. The minimum absolute atomic E-state index is 0.00463. The summed E-state index contributed by atoms with van der Waals surface area (Å²) in [6.45, 7) is 0.285. The van der Waals surface area contributed by atoms with E-state index in [-0.39, 0.29) is 49.6 Å². The number of benzene rings is 4. The van der Waals surface area contributed by atoms with Crippen LogP contribution in [0.4, 0.5) is 5.69 Å². The van der Waals surface area contributed by atoms with Crippen molar-refractivity contribution in [1.82, 2.24) is 31.2 Å². The molecule has 0 bridgehead atoms. The topological polar surface area (TPSA) is 387 Å². The molecule has 0 radical (unpaired) electrons. The number of hydrogen-bond acceptors (Lipinski definition) is 20. The Balaban J connectivity index is 1.21. The van der Waals surface area contributed by atoms with Crippen molar-refractivity contribution in [2.45, 2.75) is 140 Å². The van der Waals surface area contributed by atoms with Gasteiger partial charge in [-0.2, -0.15) is 0 Å². The maximum atomic E-state index is 14.9. The summed E-state index contributed by atoms with van der Waals surface area (Å²) >= 11 is 2.54. The number of aromatic hydroxyl groups is 1. The standard InChI is InChI=1S/C68H84N8O17S2/c1-41(79)15-7-4-12-20-45(61(86)69-48-24-27-50-58(36-48)95-67(74-50)66-75-55(40-94-66)68(91)92)33-57(82)54(38-78)73-62(87)46(31-42-16-8-5-9-17-42)34-56(81)53(32-43-22-25-49(80)26-23-43)72-65(90)52(28-29-59(83)84)71-64(89)51(21-13-14-30-76(2)3)70-63(88)47(37-77)35-60(85)93-39-44-18-10-6-11-19-44/h5-6,8-11,16-19,22-27,36,45-47,51-55,77-78,80H,4,7,12-15,20-21,28-35,37-40H2,1-3H3,(H,69,86)(H,70,88)(H,71,89)(H,72,90)(H,73,87)(H,83,84)(H,91,92)/t45-,46-,47+,51+,52+,53?,54+,55-/m1/s1. The van der Waals surface area contributed by atoms with Crippen molar-refractivity contribution >= 4 is 109 Å². The van der Waals surface area contributed by atoms with Crippen LogP contribution in [0.2, 0.25) is 0 Å². The number of carboxylic acid groups (broad SMARTS) is 2. The summed E-state index contributed by atoms with van der Waals surface area (Å²) in [4.78, 5) is 160. The number of thioether (sulfide) groups is 1. The number of aliphatic imine (C=N–C) groups is 1. The van der Waals surface area contributed by atoms with Crippen LogP contribution in [-0.2, 0) is 76.9 Å². The zero-order valence-corrected chi connectivity index (χ0v) is 55.0. The van der Waals surface area contributed by atoms with Crippen molar-refractivity contribution in [2.75, 3.05) is 44.9 Å². The number of anilines is 1. The third-order valence-corrected chi connectivity index (χ3v) is 18.0. The number of ether oxygens (including phenoxy) is 1. The molecule has 25 nitrogen and oxygen atoms in total. The van der Waals surface area contributed by atoms with Gasteiger partial charge in [0, 0.05) is 49.0 Å². The van der Waals surface area contributed by atoms with Gasteiger partial charge in [-0.1, -0.05) is 85.6 Å². The second-order valence-electron chi connectivity index (χ2n) is 23.8. The number of aliphatic carboxylic acids is 2. The SMILES string of the molecule is CC(=O)CCCCC[C@H](CC(=O)[C@H](CO)NC(=O)[C@@H](CC(=O)C(Cc1ccc(O)cc1)NC(=O)[C@H](CCC(=O)O)NC(=O)[C@H](CCCCN(C)C)NC(=O)[C@H](CO)CC(=O)OCc1ccccc1)Cc1ccccc1)C(=O)Nc1ccc2nc(C3=N[C@@H](C(=O)O)CS3)sc2c1. The number of carbonyl (C=O) groups excluding carboxylic acids is 9. The molecule has 510 valence electrons. The highest BCUT2D eigenvalue weighted by atomic mass is 32.2. The first-order chi connectivity index (χ1) is 45.5. The lowest BCUT2D eigenvalue weighted by molar-refractivity contribution is -0.149. The van der Waals surface area contributed by atoms with E-state index in [0.29, 0.717) is 87.7 Å². The number of rotatable bonds is 42. The van der Waals surface area contributed by atoms with Gasteiger partial charge in [-0.05, 0) is 126 Å². The summed E-state index contributed by atoms with van der Waals surface area (Å²) in [6.07, 6.45) is -0.0838. The molecule has 8 atom stereocenters. The first-order valence-electron chi connectivity index (χ1n) is 31.5. The summed E-state index contributed by atoms with van der Waals surface area (Å²) in [5, 5.41) is 64.8. The van der Waals surface area contributed by atoms with Crippen LogP contribution in [0.3, 0.4) is 0 Å². The number of aromatic nitrogens is 1. The fraction of sp³-hybridized carbons (Fsp3) is 0.456. The van der Waals surface area contributed by atoms with Gasteiger partial charge >= 0.3 is 17.9 Å². The zero-order chi connectivity index (χ0) is 69.0. The number of aliphatic hydroxyl groups is 2. The summed E-state index contributed by atoms with van der Waals surface area (Å²) < 4.78 is 6.00. The number of phenols is 1. The molecule has 1 aromatic heterocycles. The monoisotopic (exact) mass is 1350 g/mol. The van der Waals surface area contributed by atoms with E-state index in [1.807, 2.05) is 19.0 Å². The van der Waals surface area contributed by atoms with E-state index in [1.165, 1.54) is 54.3 Å². The first-order valence-corrected chi connectivity index (χ1v) is 33.3. The molecule has 1 aliphatic heterocycles. The maximum Gasteiger partial charge on any atom is 0.329 e. The highest BCUT2D eigenvalue weighted by molar-refractivity contribution is 8.15. The number of fused-ring (bicyclic) bond motifs is 1. The van der Waals surface area contributed by atoms with Gasteiger partial charge in [0.25, 0.3) is 0 Å². The van der Waals surface area contributed by atoms with Gasteiger partial charge in [0.05, 0.1) is 41.8 Å². The number of thiazole rings is 1. The number of nitrogens with zero attached hydrogens (tertiary/aromatic N) is 3. The number of amides is 5. The highest BCUT2D eigenvalue weighted by Gasteiger charge is 2.36. The lowest BCUT2D eigenvalue weighted by atomic mass is 9.88. The van der Waals surface area contributed by atoms with E-state index in [2.05, 4.69) is 36.6 Å². The lowest BCUT2D eigenvalue weighted by Gasteiger charge is -2.27. The van der Waals surface area contributed by atoms with Gasteiger partial charge in [-0.15, -0.1) is 23.1 Å². The summed E-state index contributed by atoms with van der Waals surface area (Å²) in [5.74, 6) is -12.3. The average molecular weight is 1350 g/mol. The van der Waals surface area contributed by atoms with Gasteiger partial charge in [-0.3, -0.25) is 48.1 Å². The van der Waals surface area contributed by atoms with Crippen LogP contribution >= 0.6 is 23.1 Å². The molecule has 95 heavy (non-hydrogen) atoms. The number of esters is 1. The van der Waals surface area contributed by atoms with Crippen LogP contribution < -0.4 is 26.6 Å². The summed E-state index contributed by atoms with van der Waals surface area (Å²) in [7, 11) is 3.69. The molecule has 2 heterocycles. The van der Waals surface area contributed by atoms with E-state index in [9.17, 15) is 78.3 Å². The fourth-order valence-electron chi connectivity index (χ4n) is 10.4. The van der Waals surface area contributed by atoms with Gasteiger partial charge in [0.1, 0.15) is 46.3 Å². The Labute approximate surface area is 558 Å². The fourth-order valence-corrected chi connectivity index (χ4v) is 12.5.